The van der Waals surface area contributed by atoms with E-state index in [1.54, 1.807) is 12.0 Å². The van der Waals surface area contributed by atoms with Gasteiger partial charge in [-0.3, -0.25) is 14.6 Å². The third-order valence-corrected chi connectivity index (χ3v) is 3.70. The Hall–Kier alpha value is -0.690. The second-order valence-corrected chi connectivity index (χ2v) is 5.13. The minimum Gasteiger partial charge on any atom is -0.383 e. The summed E-state index contributed by atoms with van der Waals surface area (Å²) in [6, 6.07) is 0. The number of ether oxygens (including phenoxy) is 2. The summed E-state index contributed by atoms with van der Waals surface area (Å²) < 4.78 is 10.2. The Bertz CT molecular complexity index is 270. The lowest BCUT2D eigenvalue weighted by Crippen LogP contribution is -2.48. The fourth-order valence-corrected chi connectivity index (χ4v) is 2.12. The number of carbonyl (C=O) groups is 1. The minimum absolute atomic E-state index is 0.244. The number of likely N-dealkylation sites (N-methyl/N-ethyl adjacent to an activating group) is 2. The Kier molecular flexibility index (Phi) is 8.77. The second-order valence-electron chi connectivity index (χ2n) is 5.13. The monoisotopic (exact) mass is 287 g/mol. The van der Waals surface area contributed by atoms with Crippen LogP contribution in [0.3, 0.4) is 0 Å². The lowest BCUT2D eigenvalue weighted by molar-refractivity contribution is -0.134. The minimum atomic E-state index is 0.244. The standard InChI is InChI=1S/C7H14N2O.C7H15NO2/c1-3-9-5-4-8(2)7(10)6-9;1-9-5-2-8-3-6-10-7-4-8/h3-6H2,1-2H3;2-7H2,1H3. The highest BCUT2D eigenvalue weighted by Gasteiger charge is 2.18. The van der Waals surface area contributed by atoms with Crippen molar-refractivity contribution < 1.29 is 14.3 Å². The maximum Gasteiger partial charge on any atom is 0.236 e. The molecule has 2 fully saturated rings. The normalized spacial score (nSPS) is 21.6. The van der Waals surface area contributed by atoms with Gasteiger partial charge in [-0.25, -0.2) is 0 Å². The van der Waals surface area contributed by atoms with Crippen molar-refractivity contribution in [2.75, 3.05) is 79.8 Å². The summed E-state index contributed by atoms with van der Waals surface area (Å²) in [5, 5.41) is 0. The molecule has 0 unspecified atom stereocenters. The van der Waals surface area contributed by atoms with E-state index >= 15 is 0 Å². The molecule has 6 heteroatoms. The summed E-state index contributed by atoms with van der Waals surface area (Å²) in [5.74, 6) is 0.244. The van der Waals surface area contributed by atoms with E-state index in [4.69, 9.17) is 9.47 Å². The van der Waals surface area contributed by atoms with Crippen molar-refractivity contribution >= 4 is 5.91 Å². The number of nitrogens with zero attached hydrogens (tertiary/aromatic N) is 3. The molecule has 0 aromatic carbocycles. The van der Waals surface area contributed by atoms with Gasteiger partial charge in [-0.15, -0.1) is 0 Å². The molecule has 0 N–H and O–H groups in total. The molecule has 6 nitrogen and oxygen atoms in total. The van der Waals surface area contributed by atoms with Crippen molar-refractivity contribution in [1.29, 1.82) is 0 Å². The first-order valence-corrected chi connectivity index (χ1v) is 7.42. The zero-order valence-electron chi connectivity index (χ0n) is 13.1. The van der Waals surface area contributed by atoms with E-state index in [1.165, 1.54) is 0 Å². The zero-order chi connectivity index (χ0) is 14.8. The van der Waals surface area contributed by atoms with Gasteiger partial charge in [0, 0.05) is 46.9 Å². The molecule has 2 rings (SSSR count). The van der Waals surface area contributed by atoms with Gasteiger partial charge in [0.2, 0.25) is 5.91 Å². The van der Waals surface area contributed by atoms with Crippen LogP contribution in [0.5, 0.6) is 0 Å². The molecule has 118 valence electrons. The van der Waals surface area contributed by atoms with Gasteiger partial charge in [0.15, 0.2) is 0 Å². The Morgan fingerprint density at radius 1 is 1.15 bits per heavy atom. The Morgan fingerprint density at radius 3 is 2.40 bits per heavy atom. The van der Waals surface area contributed by atoms with Crippen LogP contribution in [0, 0.1) is 0 Å². The first kappa shape index (κ1) is 17.4. The van der Waals surface area contributed by atoms with Crippen molar-refractivity contribution in [3.63, 3.8) is 0 Å². The number of piperazine rings is 1. The predicted molar refractivity (Wildman–Crippen MR) is 78.9 cm³/mol. The lowest BCUT2D eigenvalue weighted by Gasteiger charge is -2.30. The summed E-state index contributed by atoms with van der Waals surface area (Å²) in [4.78, 5) is 17.3. The van der Waals surface area contributed by atoms with Crippen LogP contribution in [-0.2, 0) is 14.3 Å². The van der Waals surface area contributed by atoms with Gasteiger partial charge in [-0.1, -0.05) is 6.92 Å². The van der Waals surface area contributed by atoms with Crippen molar-refractivity contribution in [3.8, 4) is 0 Å². The summed E-state index contributed by atoms with van der Waals surface area (Å²) >= 11 is 0. The Morgan fingerprint density at radius 2 is 1.85 bits per heavy atom. The van der Waals surface area contributed by atoms with E-state index < -0.39 is 0 Å². The molecule has 2 saturated heterocycles. The molecule has 0 aromatic heterocycles. The van der Waals surface area contributed by atoms with E-state index in [0.29, 0.717) is 6.54 Å². The molecule has 20 heavy (non-hydrogen) atoms. The predicted octanol–water partition coefficient (Wildman–Crippen LogP) is -0.255. The molecule has 0 radical (unpaired) electrons. The van der Waals surface area contributed by atoms with Crippen LogP contribution < -0.4 is 0 Å². The van der Waals surface area contributed by atoms with Crippen molar-refractivity contribution in [1.82, 2.24) is 14.7 Å². The van der Waals surface area contributed by atoms with E-state index in [2.05, 4.69) is 16.7 Å². The number of carbonyl (C=O) groups excluding carboxylic acids is 1. The first-order chi connectivity index (χ1) is 9.67. The van der Waals surface area contributed by atoms with Gasteiger partial charge >= 0.3 is 0 Å². The highest BCUT2D eigenvalue weighted by molar-refractivity contribution is 5.78. The van der Waals surface area contributed by atoms with Gasteiger partial charge in [0.05, 0.1) is 26.4 Å². The molecule has 0 aromatic rings. The van der Waals surface area contributed by atoms with Crippen LogP contribution in [-0.4, -0.2) is 100 Å². The topological polar surface area (TPSA) is 45.2 Å². The molecular weight excluding hydrogens is 258 g/mol. The highest BCUT2D eigenvalue weighted by atomic mass is 16.5. The maximum absolute atomic E-state index is 11.0. The number of hydrogen-bond acceptors (Lipinski definition) is 5. The van der Waals surface area contributed by atoms with E-state index in [0.717, 1.165) is 59.1 Å². The molecule has 2 aliphatic rings. The van der Waals surface area contributed by atoms with E-state index in [1.807, 2.05) is 7.05 Å². The summed E-state index contributed by atoms with van der Waals surface area (Å²) in [7, 11) is 3.59. The summed E-state index contributed by atoms with van der Waals surface area (Å²) in [6.45, 7) is 11.3. The van der Waals surface area contributed by atoms with Gasteiger partial charge in [0.1, 0.15) is 0 Å². The highest BCUT2D eigenvalue weighted by Crippen LogP contribution is 1.98. The smallest absolute Gasteiger partial charge is 0.236 e. The van der Waals surface area contributed by atoms with Crippen molar-refractivity contribution in [2.24, 2.45) is 0 Å². The lowest BCUT2D eigenvalue weighted by atomic mass is 10.3. The van der Waals surface area contributed by atoms with Gasteiger partial charge < -0.3 is 14.4 Å². The molecule has 0 atom stereocenters. The first-order valence-electron chi connectivity index (χ1n) is 7.42. The average Bonchev–Trinajstić information content (AvgIpc) is 2.49. The number of morpholine rings is 1. The van der Waals surface area contributed by atoms with Crippen LogP contribution in [0.15, 0.2) is 0 Å². The SMILES string of the molecule is CCN1CCN(C)C(=O)C1.COCCN1CCOCC1. The molecule has 0 saturated carbocycles. The fourth-order valence-electron chi connectivity index (χ4n) is 2.12. The zero-order valence-corrected chi connectivity index (χ0v) is 13.1. The number of methoxy groups -OCH3 is 1. The average molecular weight is 287 g/mol. The van der Waals surface area contributed by atoms with Gasteiger partial charge in [-0.05, 0) is 6.54 Å². The number of hydrogen-bond donors (Lipinski definition) is 0. The van der Waals surface area contributed by atoms with Gasteiger partial charge in [0.25, 0.3) is 0 Å². The molecule has 0 spiro atoms. The molecular formula is C14H29N3O3. The Balaban J connectivity index is 0.000000200. The molecule has 2 heterocycles. The number of amides is 1. The van der Waals surface area contributed by atoms with Crippen molar-refractivity contribution in [2.45, 2.75) is 6.92 Å². The number of rotatable bonds is 4. The van der Waals surface area contributed by atoms with Crippen molar-refractivity contribution in [3.05, 3.63) is 0 Å². The summed E-state index contributed by atoms with van der Waals surface area (Å²) in [6.07, 6.45) is 0. The van der Waals surface area contributed by atoms with Crippen LogP contribution in [0.4, 0.5) is 0 Å². The molecule has 0 aliphatic carbocycles. The summed E-state index contributed by atoms with van der Waals surface area (Å²) in [5.41, 5.74) is 0. The maximum atomic E-state index is 11.0. The Labute approximate surface area is 122 Å². The molecule has 0 bridgehead atoms. The van der Waals surface area contributed by atoms with Crippen LogP contribution >= 0.6 is 0 Å². The third-order valence-electron chi connectivity index (χ3n) is 3.70. The van der Waals surface area contributed by atoms with Crippen LogP contribution in [0.25, 0.3) is 0 Å². The fraction of sp³-hybridized carbons (Fsp3) is 0.929. The van der Waals surface area contributed by atoms with Gasteiger partial charge in [-0.2, -0.15) is 0 Å². The quantitative estimate of drug-likeness (QED) is 0.713. The molecule has 2 aliphatic heterocycles. The molecule has 1 amide bonds. The van der Waals surface area contributed by atoms with E-state index in [-0.39, 0.29) is 5.91 Å². The third kappa shape index (κ3) is 6.65. The second kappa shape index (κ2) is 10.1. The van der Waals surface area contributed by atoms with Crippen LogP contribution in [0.1, 0.15) is 6.92 Å². The van der Waals surface area contributed by atoms with E-state index in [9.17, 15) is 4.79 Å². The largest absolute Gasteiger partial charge is 0.383 e. The van der Waals surface area contributed by atoms with Crippen LogP contribution in [0.2, 0.25) is 0 Å².